The third-order valence-electron chi connectivity index (χ3n) is 10.9. The quantitative estimate of drug-likeness (QED) is 0.328. The molecule has 2 N–H and O–H groups in total. The summed E-state index contributed by atoms with van der Waals surface area (Å²) in [4.78, 5) is 50.0. The fraction of sp³-hybridized carbons (Fsp3) is 0.667. The molecule has 1 spiro atoms. The number of nitrogens with zero attached hydrogens (tertiary/aromatic N) is 3. The van der Waals surface area contributed by atoms with Crippen molar-refractivity contribution in [1.82, 2.24) is 20.0 Å². The maximum absolute atomic E-state index is 14.4. The first-order chi connectivity index (χ1) is 20.8. The molecular weight excluding hydrogens is 562 g/mol. The number of likely N-dealkylation sites (N-methyl/N-ethyl adjacent to an activating group) is 1. The number of rotatable bonds is 9. The van der Waals surface area contributed by atoms with Crippen molar-refractivity contribution < 1.29 is 19.1 Å². The van der Waals surface area contributed by atoms with Crippen LogP contribution in [0.2, 0.25) is 0 Å². The fourth-order valence-corrected chi connectivity index (χ4v) is 8.52. The van der Waals surface area contributed by atoms with Crippen LogP contribution in [0.25, 0.3) is 0 Å². The monoisotopic (exact) mass is 609 g/mol. The van der Waals surface area contributed by atoms with Crippen LogP contribution in [0, 0.1) is 23.7 Å². The van der Waals surface area contributed by atoms with E-state index in [4.69, 9.17) is 4.74 Å². The van der Waals surface area contributed by atoms with Crippen LogP contribution in [0.1, 0.15) is 40.0 Å². The number of hydrogen-bond donors (Lipinski definition) is 2. The second-order valence-corrected chi connectivity index (χ2v) is 14.0. The molecule has 4 heterocycles. The molecule has 5 aliphatic rings. The molecule has 43 heavy (non-hydrogen) atoms. The Morgan fingerprint density at radius 1 is 1.07 bits per heavy atom. The Labute approximate surface area is 260 Å². The number of piperazine rings is 1. The van der Waals surface area contributed by atoms with Crippen molar-refractivity contribution in [2.24, 2.45) is 23.7 Å². The van der Waals surface area contributed by atoms with E-state index in [2.05, 4.69) is 41.2 Å². The highest BCUT2D eigenvalue weighted by Crippen LogP contribution is 2.55. The Bertz CT molecular complexity index is 1250. The van der Waals surface area contributed by atoms with E-state index < -0.39 is 29.6 Å². The largest absolute Gasteiger partial charge is 0.359 e. The van der Waals surface area contributed by atoms with Gasteiger partial charge in [-0.2, -0.15) is 0 Å². The zero-order valence-corrected chi connectivity index (χ0v) is 26.8. The molecular formula is C33H47N5O4S. The number of hydrogen-bond acceptors (Lipinski definition) is 7. The Morgan fingerprint density at radius 3 is 2.58 bits per heavy atom. The molecule has 3 amide bonds. The SMILES string of the molecule is CCN1CCN(CCN2C(=O)[C@H]3[C@H](C(=O)Nc4cccc(SC)c4)[C@H]4C=C[C@@]3(O4)[C@@H]2C(=O)N[C@@H]2CCC[C@@H](C)[C@@H]2C)CC1. The zero-order chi connectivity index (χ0) is 30.3. The summed E-state index contributed by atoms with van der Waals surface area (Å²) in [7, 11) is 0. The third-order valence-corrected chi connectivity index (χ3v) is 11.6. The topological polar surface area (TPSA) is 94.2 Å². The Balaban J connectivity index is 1.25. The van der Waals surface area contributed by atoms with Gasteiger partial charge in [-0.15, -0.1) is 11.8 Å². The lowest BCUT2D eigenvalue weighted by molar-refractivity contribution is -0.142. The van der Waals surface area contributed by atoms with E-state index in [1.807, 2.05) is 42.7 Å². The van der Waals surface area contributed by atoms with Crippen LogP contribution in [-0.4, -0.2) is 108 Å². The summed E-state index contributed by atoms with van der Waals surface area (Å²) < 4.78 is 6.57. The van der Waals surface area contributed by atoms with Crippen LogP contribution in [0.15, 0.2) is 41.3 Å². The van der Waals surface area contributed by atoms with Gasteiger partial charge in [0.2, 0.25) is 17.7 Å². The highest BCUT2D eigenvalue weighted by atomic mass is 32.2. The number of thioether (sulfide) groups is 1. The predicted molar refractivity (Wildman–Crippen MR) is 169 cm³/mol. The van der Waals surface area contributed by atoms with Crippen LogP contribution in [-0.2, 0) is 19.1 Å². The number of anilines is 1. The van der Waals surface area contributed by atoms with Crippen LogP contribution >= 0.6 is 11.8 Å². The van der Waals surface area contributed by atoms with Gasteiger partial charge in [0, 0.05) is 55.9 Å². The summed E-state index contributed by atoms with van der Waals surface area (Å²) in [5, 5.41) is 6.41. The molecule has 234 valence electrons. The van der Waals surface area contributed by atoms with Crippen molar-refractivity contribution in [2.75, 3.05) is 57.4 Å². The number of fused-ring (bicyclic) bond motifs is 1. The van der Waals surface area contributed by atoms with Gasteiger partial charge in [0.1, 0.15) is 11.6 Å². The van der Waals surface area contributed by atoms with E-state index in [0.717, 1.165) is 50.5 Å². The van der Waals surface area contributed by atoms with E-state index in [0.29, 0.717) is 30.6 Å². The summed E-state index contributed by atoms with van der Waals surface area (Å²) in [5.41, 5.74) is -0.444. The Kier molecular flexibility index (Phi) is 8.93. The van der Waals surface area contributed by atoms with E-state index in [-0.39, 0.29) is 23.8 Å². The molecule has 4 aliphatic heterocycles. The lowest BCUT2D eigenvalue weighted by Gasteiger charge is -2.39. The van der Waals surface area contributed by atoms with E-state index in [9.17, 15) is 14.4 Å². The Hall–Kier alpha value is -2.40. The number of benzene rings is 1. The highest BCUT2D eigenvalue weighted by molar-refractivity contribution is 7.98. The van der Waals surface area contributed by atoms with Gasteiger partial charge in [-0.3, -0.25) is 19.3 Å². The molecule has 0 radical (unpaired) electrons. The van der Waals surface area contributed by atoms with Crippen molar-refractivity contribution in [3.8, 4) is 0 Å². The number of likely N-dealkylation sites (tertiary alicyclic amines) is 1. The molecule has 0 aromatic heterocycles. The second-order valence-electron chi connectivity index (χ2n) is 13.1. The minimum absolute atomic E-state index is 0.0659. The molecule has 10 heteroatoms. The molecule has 3 saturated heterocycles. The summed E-state index contributed by atoms with van der Waals surface area (Å²) >= 11 is 1.61. The summed E-state index contributed by atoms with van der Waals surface area (Å²) in [6.07, 6.45) is 8.46. The number of carbonyl (C=O) groups is 3. The van der Waals surface area contributed by atoms with E-state index in [1.165, 1.54) is 6.42 Å². The molecule has 1 aromatic carbocycles. The molecule has 1 aromatic rings. The zero-order valence-electron chi connectivity index (χ0n) is 26.0. The lowest BCUT2D eigenvalue weighted by atomic mass is 9.73. The summed E-state index contributed by atoms with van der Waals surface area (Å²) in [6.45, 7) is 12.7. The van der Waals surface area contributed by atoms with Gasteiger partial charge in [-0.05, 0) is 49.3 Å². The predicted octanol–water partition coefficient (Wildman–Crippen LogP) is 3.08. The number of ether oxygens (including phenoxy) is 1. The molecule has 2 bridgehead atoms. The highest BCUT2D eigenvalue weighted by Gasteiger charge is 2.72. The fourth-order valence-electron chi connectivity index (χ4n) is 8.06. The van der Waals surface area contributed by atoms with Gasteiger partial charge >= 0.3 is 0 Å². The molecule has 1 aliphatic carbocycles. The van der Waals surface area contributed by atoms with Crippen molar-refractivity contribution in [2.45, 2.75) is 68.7 Å². The minimum atomic E-state index is -1.14. The Morgan fingerprint density at radius 2 is 1.84 bits per heavy atom. The smallest absolute Gasteiger partial charge is 0.246 e. The van der Waals surface area contributed by atoms with Gasteiger partial charge in [0.15, 0.2) is 0 Å². The molecule has 8 atom stereocenters. The van der Waals surface area contributed by atoms with Gasteiger partial charge in [0.05, 0.1) is 17.9 Å². The molecule has 9 nitrogen and oxygen atoms in total. The van der Waals surface area contributed by atoms with Crippen molar-refractivity contribution >= 4 is 35.2 Å². The second kappa shape index (κ2) is 12.5. The first-order valence-corrected chi connectivity index (χ1v) is 17.4. The first-order valence-electron chi connectivity index (χ1n) is 16.1. The summed E-state index contributed by atoms with van der Waals surface area (Å²) in [6, 6.07) is 6.97. The van der Waals surface area contributed by atoms with Gasteiger partial charge in [-0.25, -0.2) is 0 Å². The van der Waals surface area contributed by atoms with Gasteiger partial charge in [0.25, 0.3) is 0 Å². The maximum atomic E-state index is 14.4. The molecule has 1 saturated carbocycles. The normalized spacial score (nSPS) is 35.8. The molecule has 4 fully saturated rings. The van der Waals surface area contributed by atoms with E-state index >= 15 is 0 Å². The van der Waals surface area contributed by atoms with Crippen molar-refractivity contribution in [3.05, 3.63) is 36.4 Å². The average Bonchev–Trinajstić information content (AvgIpc) is 3.66. The van der Waals surface area contributed by atoms with E-state index in [1.54, 1.807) is 16.7 Å². The molecule has 0 unspecified atom stereocenters. The number of amides is 3. The third kappa shape index (κ3) is 5.64. The van der Waals surface area contributed by atoms with Crippen molar-refractivity contribution in [3.63, 3.8) is 0 Å². The minimum Gasteiger partial charge on any atom is -0.359 e. The van der Waals surface area contributed by atoms with Crippen LogP contribution in [0.5, 0.6) is 0 Å². The molecule has 6 rings (SSSR count). The van der Waals surface area contributed by atoms with Crippen LogP contribution in [0.4, 0.5) is 5.69 Å². The van der Waals surface area contributed by atoms with Crippen LogP contribution < -0.4 is 10.6 Å². The van der Waals surface area contributed by atoms with Gasteiger partial charge in [-0.1, -0.05) is 51.8 Å². The number of carbonyl (C=O) groups excluding carboxylic acids is 3. The van der Waals surface area contributed by atoms with Crippen LogP contribution in [0.3, 0.4) is 0 Å². The lowest BCUT2D eigenvalue weighted by Crippen LogP contribution is -2.58. The maximum Gasteiger partial charge on any atom is 0.246 e. The standard InChI is InChI=1S/C33H47N5O4S/c1-5-36-14-16-37(17-15-36)18-19-38-29(31(40)35-25-11-6-8-21(2)22(25)3)33-13-12-26(42-33)27(28(33)32(38)41)30(39)34-23-9-7-10-24(20-23)43-4/h7,9-10,12-13,20-22,25-29H,5-6,8,11,14-19H2,1-4H3,(H,34,39)(H,35,40)/t21-,22+,25-,26-,27-,28-,29+,33+/m1/s1. The first kappa shape index (κ1) is 30.6. The number of nitrogens with one attached hydrogen (secondary N) is 2. The summed E-state index contributed by atoms with van der Waals surface area (Å²) in [5.74, 6) is -1.08. The van der Waals surface area contributed by atoms with Gasteiger partial charge < -0.3 is 25.2 Å². The van der Waals surface area contributed by atoms with Crippen molar-refractivity contribution in [1.29, 1.82) is 0 Å². The average molecular weight is 610 g/mol.